The molecule has 25 heavy (non-hydrogen) atoms. The van der Waals surface area contributed by atoms with Crippen molar-refractivity contribution in [2.45, 2.75) is 6.92 Å². The van der Waals surface area contributed by atoms with Crippen molar-refractivity contribution < 1.29 is 17.6 Å². The van der Waals surface area contributed by atoms with E-state index in [0.29, 0.717) is 5.56 Å². The summed E-state index contributed by atoms with van der Waals surface area (Å²) in [4.78, 5) is 0. The first kappa shape index (κ1) is 16.7. The summed E-state index contributed by atoms with van der Waals surface area (Å²) in [6.45, 7) is 1.70. The van der Waals surface area contributed by atoms with Gasteiger partial charge in [0.25, 0.3) is 0 Å². The van der Waals surface area contributed by atoms with Gasteiger partial charge in [-0.15, -0.1) is 0 Å². The topological polar surface area (TPSA) is 23.8 Å². The molecule has 3 aromatic carbocycles. The van der Waals surface area contributed by atoms with Gasteiger partial charge in [-0.25, -0.2) is 17.6 Å². The lowest BCUT2D eigenvalue weighted by Crippen LogP contribution is -1.95. The first-order chi connectivity index (χ1) is 11.9. The number of benzene rings is 3. The summed E-state index contributed by atoms with van der Waals surface area (Å²) in [6.07, 6.45) is 0. The van der Waals surface area contributed by atoms with Gasteiger partial charge in [-0.1, -0.05) is 18.2 Å². The zero-order chi connectivity index (χ0) is 18.1. The van der Waals surface area contributed by atoms with Gasteiger partial charge in [-0.2, -0.15) is 5.26 Å². The average Bonchev–Trinajstić information content (AvgIpc) is 2.54. The second-order valence-electron chi connectivity index (χ2n) is 5.60. The fourth-order valence-electron chi connectivity index (χ4n) is 2.62. The molecular weight excluding hydrogens is 330 g/mol. The van der Waals surface area contributed by atoms with E-state index < -0.39 is 28.8 Å². The van der Waals surface area contributed by atoms with E-state index >= 15 is 0 Å². The SMILES string of the molecule is Cc1ccc(-c2cc(F)c(-c3ccc(C#N)c(F)c3)c(F)c2)c(F)c1. The molecule has 0 N–H and O–H groups in total. The van der Waals surface area contributed by atoms with Gasteiger partial charge in [0.2, 0.25) is 0 Å². The van der Waals surface area contributed by atoms with Gasteiger partial charge >= 0.3 is 0 Å². The number of aryl methyl sites for hydroxylation is 1. The van der Waals surface area contributed by atoms with Crippen molar-refractivity contribution in [1.82, 2.24) is 0 Å². The van der Waals surface area contributed by atoms with Gasteiger partial charge in [0.15, 0.2) is 0 Å². The van der Waals surface area contributed by atoms with Crippen LogP contribution in [0.15, 0.2) is 48.5 Å². The Morgan fingerprint density at radius 3 is 1.92 bits per heavy atom. The molecule has 0 aliphatic rings. The van der Waals surface area contributed by atoms with Crippen LogP contribution in [-0.2, 0) is 0 Å². The van der Waals surface area contributed by atoms with Gasteiger partial charge in [-0.3, -0.25) is 0 Å². The van der Waals surface area contributed by atoms with Crippen LogP contribution in [0, 0.1) is 41.5 Å². The number of hydrogen-bond acceptors (Lipinski definition) is 1. The quantitative estimate of drug-likeness (QED) is 0.544. The molecule has 0 saturated heterocycles. The molecule has 0 aliphatic carbocycles. The minimum Gasteiger partial charge on any atom is -0.206 e. The predicted octanol–water partition coefficient (Wildman–Crippen LogP) is 5.76. The maximum Gasteiger partial charge on any atom is 0.141 e. The molecule has 5 heteroatoms. The monoisotopic (exact) mass is 341 g/mol. The predicted molar refractivity (Wildman–Crippen MR) is 86.6 cm³/mol. The maximum atomic E-state index is 14.5. The van der Waals surface area contributed by atoms with Crippen LogP contribution in [0.4, 0.5) is 17.6 Å². The molecule has 0 aliphatic heterocycles. The van der Waals surface area contributed by atoms with Crippen LogP contribution in [0.3, 0.4) is 0 Å². The van der Waals surface area contributed by atoms with E-state index in [0.717, 1.165) is 24.3 Å². The molecule has 0 bridgehead atoms. The van der Waals surface area contributed by atoms with Crippen LogP contribution >= 0.6 is 0 Å². The summed E-state index contributed by atoms with van der Waals surface area (Å²) < 4.78 is 56.7. The van der Waals surface area contributed by atoms with E-state index in [1.54, 1.807) is 19.1 Å². The Morgan fingerprint density at radius 1 is 0.720 bits per heavy atom. The summed E-state index contributed by atoms with van der Waals surface area (Å²) in [7, 11) is 0. The van der Waals surface area contributed by atoms with E-state index in [-0.39, 0.29) is 22.3 Å². The number of hydrogen-bond donors (Lipinski definition) is 0. The lowest BCUT2D eigenvalue weighted by atomic mass is 9.97. The Morgan fingerprint density at radius 2 is 1.36 bits per heavy atom. The zero-order valence-corrected chi connectivity index (χ0v) is 13.1. The van der Waals surface area contributed by atoms with Crippen LogP contribution in [0.2, 0.25) is 0 Å². The Kier molecular flexibility index (Phi) is 4.28. The first-order valence-electron chi connectivity index (χ1n) is 7.36. The summed E-state index contributed by atoms with van der Waals surface area (Å²) in [6, 6.07) is 11.3. The van der Waals surface area contributed by atoms with Crippen LogP contribution in [0.5, 0.6) is 0 Å². The Hall–Kier alpha value is -3.13. The zero-order valence-electron chi connectivity index (χ0n) is 13.1. The molecule has 0 spiro atoms. The van der Waals surface area contributed by atoms with Crippen molar-refractivity contribution in [2.75, 3.05) is 0 Å². The highest BCUT2D eigenvalue weighted by molar-refractivity contribution is 5.72. The van der Waals surface area contributed by atoms with Crippen molar-refractivity contribution in [3.63, 3.8) is 0 Å². The molecule has 0 saturated carbocycles. The van der Waals surface area contributed by atoms with Crippen LogP contribution in [0.25, 0.3) is 22.3 Å². The maximum absolute atomic E-state index is 14.5. The molecule has 0 radical (unpaired) electrons. The van der Waals surface area contributed by atoms with E-state index in [2.05, 4.69) is 0 Å². The summed E-state index contributed by atoms with van der Waals surface area (Å²) >= 11 is 0. The second-order valence-corrected chi connectivity index (χ2v) is 5.60. The minimum absolute atomic E-state index is 0.0394. The first-order valence-corrected chi connectivity index (χ1v) is 7.36. The van der Waals surface area contributed by atoms with Gasteiger partial charge in [0.1, 0.15) is 29.3 Å². The summed E-state index contributed by atoms with van der Waals surface area (Å²) in [5, 5.41) is 8.72. The normalized spacial score (nSPS) is 10.6. The summed E-state index contributed by atoms with van der Waals surface area (Å²) in [5.74, 6) is -3.35. The fourth-order valence-corrected chi connectivity index (χ4v) is 2.62. The Bertz CT molecular complexity index is 996. The highest BCUT2D eigenvalue weighted by atomic mass is 19.1. The van der Waals surface area contributed by atoms with E-state index in [1.165, 1.54) is 18.2 Å². The van der Waals surface area contributed by atoms with Gasteiger partial charge in [0.05, 0.1) is 11.1 Å². The molecule has 0 amide bonds. The molecule has 124 valence electrons. The Labute approximate surface area is 141 Å². The number of halogens is 4. The standard InChI is InChI=1S/C20H11F4N/c1-11-2-5-15(17(22)6-11)14-8-18(23)20(19(24)9-14)12-3-4-13(10-25)16(21)7-12/h2-9H,1H3. The Balaban J connectivity index is 2.13. The molecule has 3 aromatic rings. The van der Waals surface area contributed by atoms with Crippen LogP contribution in [-0.4, -0.2) is 0 Å². The van der Waals surface area contributed by atoms with E-state index in [9.17, 15) is 17.6 Å². The lowest BCUT2D eigenvalue weighted by molar-refractivity contribution is 0.588. The third-order valence-electron chi connectivity index (χ3n) is 3.86. The molecule has 0 aromatic heterocycles. The molecule has 0 fully saturated rings. The van der Waals surface area contributed by atoms with E-state index in [4.69, 9.17) is 5.26 Å². The van der Waals surface area contributed by atoms with Crippen LogP contribution in [0.1, 0.15) is 11.1 Å². The second kappa shape index (κ2) is 6.40. The third kappa shape index (κ3) is 3.11. The minimum atomic E-state index is -0.945. The van der Waals surface area contributed by atoms with Crippen molar-refractivity contribution in [3.05, 3.63) is 82.9 Å². The number of rotatable bonds is 2. The highest BCUT2D eigenvalue weighted by Gasteiger charge is 2.17. The molecule has 3 rings (SSSR count). The molecule has 0 unspecified atom stereocenters. The van der Waals surface area contributed by atoms with E-state index in [1.807, 2.05) is 0 Å². The average molecular weight is 341 g/mol. The smallest absolute Gasteiger partial charge is 0.141 e. The van der Waals surface area contributed by atoms with Crippen LogP contribution < -0.4 is 0 Å². The van der Waals surface area contributed by atoms with Gasteiger partial charge < -0.3 is 0 Å². The largest absolute Gasteiger partial charge is 0.206 e. The highest BCUT2D eigenvalue weighted by Crippen LogP contribution is 2.33. The molecule has 0 atom stereocenters. The van der Waals surface area contributed by atoms with Crippen molar-refractivity contribution in [1.29, 1.82) is 5.26 Å². The van der Waals surface area contributed by atoms with Crippen molar-refractivity contribution in [3.8, 4) is 28.3 Å². The van der Waals surface area contributed by atoms with Crippen molar-refractivity contribution >= 4 is 0 Å². The van der Waals surface area contributed by atoms with Crippen molar-refractivity contribution in [2.24, 2.45) is 0 Å². The number of nitrogens with zero attached hydrogens (tertiary/aromatic N) is 1. The summed E-state index contributed by atoms with van der Waals surface area (Å²) in [5.41, 5.74) is 0.114. The van der Waals surface area contributed by atoms with Gasteiger partial charge in [0, 0.05) is 5.56 Å². The lowest BCUT2D eigenvalue weighted by Gasteiger charge is -2.10. The molecular formula is C20H11F4N. The number of nitriles is 1. The third-order valence-corrected chi connectivity index (χ3v) is 3.86. The molecule has 0 heterocycles. The molecule has 1 nitrogen and oxygen atoms in total. The fraction of sp³-hybridized carbons (Fsp3) is 0.0500. The van der Waals surface area contributed by atoms with Gasteiger partial charge in [-0.05, 0) is 53.9 Å².